The van der Waals surface area contributed by atoms with Gasteiger partial charge in [0.15, 0.2) is 0 Å². The molecule has 0 aromatic carbocycles. The van der Waals surface area contributed by atoms with E-state index in [1.807, 2.05) is 0 Å². The number of hydrogen-bond acceptors (Lipinski definition) is 18. The van der Waals surface area contributed by atoms with Gasteiger partial charge in [0, 0.05) is 50.8 Å². The summed E-state index contributed by atoms with van der Waals surface area (Å²) in [5, 5.41) is 74.4. The van der Waals surface area contributed by atoms with Crippen LogP contribution >= 0.6 is 25.3 Å². The van der Waals surface area contributed by atoms with Gasteiger partial charge in [-0.15, -0.1) is 0 Å². The number of ether oxygens (including phenoxy) is 1. The van der Waals surface area contributed by atoms with Gasteiger partial charge in [0.25, 0.3) is 0 Å². The fourth-order valence-corrected chi connectivity index (χ4v) is 4.04. The van der Waals surface area contributed by atoms with Crippen molar-refractivity contribution in [1.29, 1.82) is 0 Å². The second-order valence-corrected chi connectivity index (χ2v) is 10.2. The number of rotatable bonds is 26. The van der Waals surface area contributed by atoms with Crippen molar-refractivity contribution in [3.8, 4) is 0 Å². The van der Waals surface area contributed by atoms with E-state index in [1.165, 1.54) is 0 Å². The van der Waals surface area contributed by atoms with E-state index in [-0.39, 0.29) is 96.8 Å². The van der Waals surface area contributed by atoms with Crippen LogP contribution in [0.4, 0.5) is 0 Å². The van der Waals surface area contributed by atoms with E-state index in [4.69, 9.17) is 30.3 Å². The molecule has 0 fully saturated rings. The Bertz CT molecular complexity index is 995. The zero-order valence-corrected chi connectivity index (χ0v) is 32.7. The molecule has 0 unspecified atom stereocenters. The summed E-state index contributed by atoms with van der Waals surface area (Å²) < 4.78 is 5.02. The van der Waals surface area contributed by atoms with Crippen molar-refractivity contribution >= 4 is 73.0 Å². The van der Waals surface area contributed by atoms with Crippen LogP contribution in [-0.4, -0.2) is 200 Å². The molecule has 0 heterocycles. The van der Waals surface area contributed by atoms with Crippen LogP contribution in [-0.2, 0) is 43.1 Å². The Labute approximate surface area is 335 Å². The number of aliphatic carboxylic acids is 7. The standard InChI is InChI=1S/C14H24N2O9S2.C10H16N2O8.2Na/c17-9(7-26)10(8-27)25-14(24)6-16(5-13(22)23)2-1-15(3-11(18)19)4-12(20)21;13-7(14)3-11(4-8(15)16)1-2-12(5-9(17)18)6-10(19)20;;/h9-10,17,26-27H,1-8H2,(H,18,19)(H,20,21)(H,22,23);1-6H2,(H,13,14)(H,15,16)(H,17,18)(H,19,20);;/q;;2*+1/p-2/t9-,10-;;;/m1.../s1. The number of hydrogen-bond donors (Lipinski definition) is 8. The number of carbonyl (C=O) groups is 8. The Kier molecular flexibility index (Phi) is 34.2. The number of carboxylic acid groups (broad SMARTS) is 7. The molecule has 25 heteroatoms. The Morgan fingerprint density at radius 2 is 0.776 bits per heavy atom. The SMILES string of the molecule is O=C(O)CN(CCN(CC(=O)O)CC(=O)O)CC(=O)O.O=C([O-])CN(CCN(CC(=O)[O-])CC(=O)O[C@H](CS)[C@H](O)CS)CC(=O)O.[Na+].[Na+]. The summed E-state index contributed by atoms with van der Waals surface area (Å²) in [5.74, 6) is -9.99. The molecular weight excluding hydrogens is 726 g/mol. The maximum absolute atomic E-state index is 12.0. The van der Waals surface area contributed by atoms with Crippen LogP contribution < -0.4 is 69.3 Å². The van der Waals surface area contributed by atoms with Crippen LogP contribution in [0.1, 0.15) is 0 Å². The second-order valence-electron chi connectivity index (χ2n) is 9.52. The first kappa shape index (κ1) is 54.0. The minimum absolute atomic E-state index is 0. The fourth-order valence-electron chi connectivity index (χ4n) is 3.49. The quantitative estimate of drug-likeness (QED) is 0.0230. The molecule has 6 N–H and O–H groups in total. The van der Waals surface area contributed by atoms with E-state index < -0.39 is 112 Å². The van der Waals surface area contributed by atoms with Crippen molar-refractivity contribution in [3.05, 3.63) is 0 Å². The van der Waals surface area contributed by atoms with Crippen LogP contribution in [0.25, 0.3) is 0 Å². The number of esters is 1. The van der Waals surface area contributed by atoms with Crippen molar-refractivity contribution in [3.63, 3.8) is 0 Å². The van der Waals surface area contributed by atoms with E-state index in [1.54, 1.807) is 0 Å². The minimum Gasteiger partial charge on any atom is -0.549 e. The average Bonchev–Trinajstić information content (AvgIpc) is 2.90. The molecule has 0 radical (unpaired) electrons. The van der Waals surface area contributed by atoms with Crippen molar-refractivity contribution in [1.82, 2.24) is 19.6 Å². The molecule has 0 bridgehead atoms. The zero-order valence-electron chi connectivity index (χ0n) is 26.9. The van der Waals surface area contributed by atoms with Gasteiger partial charge in [-0.05, 0) is 0 Å². The Morgan fingerprint density at radius 1 is 0.510 bits per heavy atom. The summed E-state index contributed by atoms with van der Waals surface area (Å²) in [5.41, 5.74) is 0. The van der Waals surface area contributed by atoms with Crippen LogP contribution in [0.15, 0.2) is 0 Å². The predicted octanol–water partition coefficient (Wildman–Crippen LogP) is -12.8. The predicted molar refractivity (Wildman–Crippen MR) is 158 cm³/mol. The Morgan fingerprint density at radius 3 is 1.00 bits per heavy atom. The fraction of sp³-hybridized carbons (Fsp3) is 0.667. The van der Waals surface area contributed by atoms with E-state index >= 15 is 0 Å². The third kappa shape index (κ3) is 33.2. The summed E-state index contributed by atoms with van der Waals surface area (Å²) >= 11 is 7.83. The molecule has 0 aliphatic rings. The van der Waals surface area contributed by atoms with Gasteiger partial charge in [0.1, 0.15) is 12.2 Å². The van der Waals surface area contributed by atoms with Gasteiger partial charge in [-0.3, -0.25) is 48.4 Å². The molecule has 2 atom stereocenters. The number of carboxylic acids is 7. The van der Waals surface area contributed by atoms with Crippen molar-refractivity contribution < 1.29 is 143 Å². The van der Waals surface area contributed by atoms with Gasteiger partial charge in [-0.1, -0.05) is 0 Å². The topological polar surface area (TPSA) is 326 Å². The number of nitrogens with zero attached hydrogens (tertiary/aromatic N) is 4. The molecule has 0 aliphatic carbocycles. The molecule has 0 aromatic heterocycles. The van der Waals surface area contributed by atoms with Crippen LogP contribution in [0.3, 0.4) is 0 Å². The molecule has 0 spiro atoms. The number of thiol groups is 2. The average molecular weight is 765 g/mol. The summed E-state index contributed by atoms with van der Waals surface area (Å²) in [6.45, 7) is -5.00. The molecule has 0 saturated heterocycles. The summed E-state index contributed by atoms with van der Waals surface area (Å²) in [4.78, 5) is 90.7. The number of aliphatic hydroxyl groups excluding tert-OH is 1. The minimum atomic E-state index is -1.50. The third-order valence-corrected chi connectivity index (χ3v) is 6.13. The first-order valence-corrected chi connectivity index (χ1v) is 14.5. The molecule has 0 saturated carbocycles. The number of carbonyl (C=O) groups excluding carboxylic acids is 3. The maximum atomic E-state index is 12.0. The van der Waals surface area contributed by atoms with E-state index in [2.05, 4.69) is 25.3 Å². The molecule has 0 aliphatic heterocycles. The van der Waals surface area contributed by atoms with Gasteiger partial charge in [0.05, 0.1) is 51.2 Å². The van der Waals surface area contributed by atoms with Crippen LogP contribution in [0.2, 0.25) is 0 Å². The van der Waals surface area contributed by atoms with Gasteiger partial charge in [0.2, 0.25) is 0 Å². The van der Waals surface area contributed by atoms with Crippen LogP contribution in [0.5, 0.6) is 0 Å². The second kappa shape index (κ2) is 31.0. The van der Waals surface area contributed by atoms with E-state index in [0.29, 0.717) is 0 Å². The molecule has 0 aromatic rings. The monoisotopic (exact) mass is 764 g/mol. The molecule has 49 heavy (non-hydrogen) atoms. The number of aliphatic hydroxyl groups is 1. The van der Waals surface area contributed by atoms with Gasteiger partial charge >= 0.3 is 94.9 Å². The molecule has 0 rings (SSSR count). The van der Waals surface area contributed by atoms with E-state index in [0.717, 1.165) is 19.6 Å². The molecule has 270 valence electrons. The zero-order chi connectivity index (χ0) is 36.7. The first-order valence-electron chi connectivity index (χ1n) is 13.3. The van der Waals surface area contributed by atoms with Gasteiger partial charge in [-0.25, -0.2) is 0 Å². The third-order valence-electron chi connectivity index (χ3n) is 5.40. The smallest absolute Gasteiger partial charge is 0.549 e. The summed E-state index contributed by atoms with van der Waals surface area (Å²) in [7, 11) is 0. The Balaban J connectivity index is -0.000000413. The summed E-state index contributed by atoms with van der Waals surface area (Å²) in [6.07, 6.45) is -2.00. The molecule has 0 amide bonds. The maximum Gasteiger partial charge on any atom is 1.00 e. The van der Waals surface area contributed by atoms with Gasteiger partial charge in [-0.2, -0.15) is 25.3 Å². The van der Waals surface area contributed by atoms with Crippen molar-refractivity contribution in [2.45, 2.75) is 12.2 Å². The van der Waals surface area contributed by atoms with Crippen LogP contribution in [0, 0.1) is 0 Å². The van der Waals surface area contributed by atoms with E-state index in [9.17, 15) is 53.7 Å². The Hall–Kier alpha value is -1.74. The largest absolute Gasteiger partial charge is 1.00 e. The van der Waals surface area contributed by atoms with Gasteiger partial charge < -0.3 is 55.2 Å². The van der Waals surface area contributed by atoms with Crippen molar-refractivity contribution in [2.75, 3.05) is 90.0 Å². The normalized spacial score (nSPS) is 11.7. The first-order chi connectivity index (χ1) is 21.8. The molecule has 21 nitrogen and oxygen atoms in total. The summed E-state index contributed by atoms with van der Waals surface area (Å²) in [6, 6.07) is 0. The molecular formula is C24H38N4Na2O17S2. The van der Waals surface area contributed by atoms with Crippen molar-refractivity contribution in [2.24, 2.45) is 0 Å².